The van der Waals surface area contributed by atoms with Crippen LogP contribution in [0.3, 0.4) is 0 Å². The van der Waals surface area contributed by atoms with Gasteiger partial charge in [0.1, 0.15) is 9.71 Å². The van der Waals surface area contributed by atoms with E-state index in [1.807, 2.05) is 42.1 Å². The van der Waals surface area contributed by atoms with Gasteiger partial charge in [-0.15, -0.1) is 11.3 Å². The summed E-state index contributed by atoms with van der Waals surface area (Å²) in [6, 6.07) is 9.83. The number of fused-ring (bicyclic) bond motifs is 1. The molecule has 0 atom stereocenters. The van der Waals surface area contributed by atoms with Gasteiger partial charge in [-0.2, -0.15) is 5.10 Å². The molecule has 0 bridgehead atoms. The number of anilines is 1. The number of hydrogen-bond donors (Lipinski definition) is 1. The van der Waals surface area contributed by atoms with Crippen LogP contribution in [0.4, 0.5) is 5.82 Å². The summed E-state index contributed by atoms with van der Waals surface area (Å²) in [5.74, 6) is 0.596. The third-order valence-electron chi connectivity index (χ3n) is 6.93. The molecule has 5 rings (SSSR count). The predicted molar refractivity (Wildman–Crippen MR) is 132 cm³/mol. The van der Waals surface area contributed by atoms with E-state index in [1.165, 1.54) is 37.3 Å². The number of aryl methyl sites for hydroxylation is 1. The van der Waals surface area contributed by atoms with Crippen molar-refractivity contribution in [1.29, 1.82) is 0 Å². The van der Waals surface area contributed by atoms with Crippen LogP contribution in [0.15, 0.2) is 30.3 Å². The van der Waals surface area contributed by atoms with Crippen molar-refractivity contribution in [2.75, 3.05) is 50.8 Å². The Morgan fingerprint density at radius 3 is 2.58 bits per heavy atom. The number of piperidine rings is 1. The van der Waals surface area contributed by atoms with Crippen LogP contribution in [0.1, 0.15) is 35.4 Å². The van der Waals surface area contributed by atoms with Gasteiger partial charge >= 0.3 is 5.97 Å². The van der Waals surface area contributed by atoms with E-state index in [2.05, 4.69) is 9.80 Å². The molecule has 4 heterocycles. The van der Waals surface area contributed by atoms with Gasteiger partial charge in [0.15, 0.2) is 5.82 Å². The van der Waals surface area contributed by atoms with Crippen LogP contribution in [0.25, 0.3) is 21.3 Å². The summed E-state index contributed by atoms with van der Waals surface area (Å²) < 4.78 is 7.85. The maximum absolute atomic E-state index is 12.1. The maximum Gasteiger partial charge on any atom is 0.346 e. The van der Waals surface area contributed by atoms with Crippen molar-refractivity contribution < 1.29 is 14.6 Å². The Morgan fingerprint density at radius 1 is 1.15 bits per heavy atom. The minimum Gasteiger partial charge on any atom is -0.477 e. The molecule has 7 nitrogen and oxygen atoms in total. The first-order valence-corrected chi connectivity index (χ1v) is 12.8. The van der Waals surface area contributed by atoms with E-state index in [0.29, 0.717) is 10.8 Å². The Kier molecular flexibility index (Phi) is 6.66. The molecular formula is C25H32N4O3S. The molecule has 2 aromatic heterocycles. The summed E-state index contributed by atoms with van der Waals surface area (Å²) in [4.78, 5) is 18.2. The van der Waals surface area contributed by atoms with Crippen LogP contribution in [0.5, 0.6) is 0 Å². The van der Waals surface area contributed by atoms with Crippen molar-refractivity contribution in [3.8, 4) is 11.1 Å². The number of ether oxygens (including phenoxy) is 1. The van der Waals surface area contributed by atoms with E-state index >= 15 is 0 Å². The number of aromatic carboxylic acids is 1. The molecule has 1 N–H and O–H groups in total. The van der Waals surface area contributed by atoms with E-state index in [-0.39, 0.29) is 0 Å². The maximum atomic E-state index is 12.1. The standard InChI is InChI=1S/C25H32N4O3S/c1-27-24-21(20(22(33-24)25(30)31)19-7-3-2-4-8-19)23(26-27)29-13-9-18(10-14-29)17-32-16-15-28-11-5-6-12-28/h2-4,7-8,18H,5-6,9-17H2,1H3,(H,30,31). The Hall–Kier alpha value is -2.42. The zero-order valence-electron chi connectivity index (χ0n) is 19.2. The number of benzene rings is 1. The fraction of sp³-hybridized carbons (Fsp3) is 0.520. The third kappa shape index (κ3) is 4.65. The molecule has 0 amide bonds. The van der Waals surface area contributed by atoms with E-state index in [1.54, 1.807) is 0 Å². The second-order valence-electron chi connectivity index (χ2n) is 9.16. The normalized spacial score (nSPS) is 17.9. The van der Waals surface area contributed by atoms with E-state index in [0.717, 1.165) is 72.9 Å². The highest BCUT2D eigenvalue weighted by molar-refractivity contribution is 7.21. The average Bonchev–Trinajstić information content (AvgIpc) is 3.55. The lowest BCUT2D eigenvalue weighted by Crippen LogP contribution is -2.36. The molecular weight excluding hydrogens is 436 g/mol. The van der Waals surface area contributed by atoms with Crippen molar-refractivity contribution in [3.05, 3.63) is 35.2 Å². The van der Waals surface area contributed by atoms with Gasteiger partial charge in [-0.25, -0.2) is 4.79 Å². The lowest BCUT2D eigenvalue weighted by Gasteiger charge is -2.32. The second-order valence-corrected chi connectivity index (χ2v) is 10.2. The number of likely N-dealkylation sites (tertiary alicyclic amines) is 1. The average molecular weight is 469 g/mol. The number of carboxylic acid groups (broad SMARTS) is 1. The van der Waals surface area contributed by atoms with Crippen LogP contribution in [-0.4, -0.2) is 71.7 Å². The first-order chi connectivity index (χ1) is 16.1. The van der Waals surface area contributed by atoms with E-state index in [9.17, 15) is 9.90 Å². The molecule has 33 heavy (non-hydrogen) atoms. The summed E-state index contributed by atoms with van der Waals surface area (Å²) in [5.41, 5.74) is 1.72. The second kappa shape index (κ2) is 9.83. The zero-order valence-corrected chi connectivity index (χ0v) is 20.0. The number of aromatic nitrogens is 2. The molecule has 3 aromatic rings. The minimum absolute atomic E-state index is 0.381. The molecule has 176 valence electrons. The van der Waals surface area contributed by atoms with Crippen LogP contribution in [0.2, 0.25) is 0 Å². The molecule has 0 saturated carbocycles. The van der Waals surface area contributed by atoms with Gasteiger partial charge < -0.3 is 19.6 Å². The van der Waals surface area contributed by atoms with E-state index < -0.39 is 5.97 Å². The van der Waals surface area contributed by atoms with E-state index in [4.69, 9.17) is 9.84 Å². The predicted octanol–water partition coefficient (Wildman–Crippen LogP) is 4.33. The zero-order chi connectivity index (χ0) is 22.8. The number of hydrogen-bond acceptors (Lipinski definition) is 6. The molecule has 2 saturated heterocycles. The lowest BCUT2D eigenvalue weighted by molar-refractivity contribution is 0.0703. The summed E-state index contributed by atoms with van der Waals surface area (Å²) in [7, 11) is 1.91. The monoisotopic (exact) mass is 468 g/mol. The Morgan fingerprint density at radius 2 is 1.88 bits per heavy atom. The Bertz CT molecular complexity index is 1100. The molecule has 0 radical (unpaired) electrons. The van der Waals surface area contributed by atoms with Gasteiger partial charge in [0.2, 0.25) is 0 Å². The fourth-order valence-electron chi connectivity index (χ4n) is 5.11. The van der Waals surface area contributed by atoms with Crippen LogP contribution >= 0.6 is 11.3 Å². The molecule has 2 aliphatic rings. The van der Waals surface area contributed by atoms with Crippen molar-refractivity contribution in [3.63, 3.8) is 0 Å². The highest BCUT2D eigenvalue weighted by atomic mass is 32.1. The third-order valence-corrected chi connectivity index (χ3v) is 8.17. The summed E-state index contributed by atoms with van der Waals surface area (Å²) in [6.45, 7) is 6.98. The van der Waals surface area contributed by atoms with Gasteiger partial charge in [-0.1, -0.05) is 30.3 Å². The molecule has 8 heteroatoms. The summed E-state index contributed by atoms with van der Waals surface area (Å²) in [5, 5.41) is 15.7. The number of thiophene rings is 1. The van der Waals surface area contributed by atoms with Crippen molar-refractivity contribution in [2.45, 2.75) is 25.7 Å². The first kappa shape index (κ1) is 22.4. The van der Waals surface area contributed by atoms with Gasteiger partial charge in [-0.05, 0) is 50.3 Å². The molecule has 1 aromatic carbocycles. The van der Waals surface area contributed by atoms with Gasteiger partial charge in [0.25, 0.3) is 0 Å². The lowest BCUT2D eigenvalue weighted by atomic mass is 9.97. The van der Waals surface area contributed by atoms with Crippen LogP contribution < -0.4 is 4.90 Å². The van der Waals surface area contributed by atoms with Crippen molar-refractivity contribution in [1.82, 2.24) is 14.7 Å². The molecule has 2 fully saturated rings. The quantitative estimate of drug-likeness (QED) is 0.496. The van der Waals surface area contributed by atoms with Gasteiger partial charge in [0, 0.05) is 38.9 Å². The number of rotatable bonds is 8. The number of carbonyl (C=O) groups is 1. The summed E-state index contributed by atoms with van der Waals surface area (Å²) in [6.07, 6.45) is 4.78. The SMILES string of the molecule is Cn1nc(N2CCC(COCCN3CCCC3)CC2)c2c(-c3ccccc3)c(C(=O)O)sc21. The van der Waals surface area contributed by atoms with Gasteiger partial charge in [0.05, 0.1) is 12.0 Å². The molecule has 0 unspecified atom stereocenters. The highest BCUT2D eigenvalue weighted by Gasteiger charge is 2.29. The molecule has 2 aliphatic heterocycles. The molecule has 0 spiro atoms. The first-order valence-electron chi connectivity index (χ1n) is 11.9. The minimum atomic E-state index is -0.884. The topological polar surface area (TPSA) is 70.8 Å². The number of carboxylic acids is 1. The Balaban J connectivity index is 1.30. The van der Waals surface area contributed by atoms with Gasteiger partial charge in [-0.3, -0.25) is 4.68 Å². The largest absolute Gasteiger partial charge is 0.477 e. The van der Waals surface area contributed by atoms with Crippen molar-refractivity contribution in [2.24, 2.45) is 13.0 Å². The highest BCUT2D eigenvalue weighted by Crippen LogP contribution is 2.44. The fourth-order valence-corrected chi connectivity index (χ4v) is 6.18. The summed E-state index contributed by atoms with van der Waals surface area (Å²) >= 11 is 1.31. The van der Waals surface area contributed by atoms with Crippen LogP contribution in [-0.2, 0) is 11.8 Å². The van der Waals surface area contributed by atoms with Crippen LogP contribution in [0, 0.1) is 5.92 Å². The molecule has 0 aliphatic carbocycles. The smallest absolute Gasteiger partial charge is 0.346 e. The van der Waals surface area contributed by atoms with Crippen molar-refractivity contribution >= 4 is 33.3 Å². The Labute approximate surface area is 198 Å². The number of nitrogens with zero attached hydrogens (tertiary/aromatic N) is 4.